The van der Waals surface area contributed by atoms with Crippen molar-refractivity contribution in [1.82, 2.24) is 0 Å². The third-order valence-corrected chi connectivity index (χ3v) is 3.66. The van der Waals surface area contributed by atoms with Crippen LogP contribution in [0.5, 0.6) is 0 Å². The molecular formula is C19H20ClNO4. The Bertz CT molecular complexity index is 733. The fraction of sp³-hybridized carbons (Fsp3) is 0.263. The SMILES string of the molecule is CCOC(=O)C(C)Nc1ccc(Cl)cc1C(=O)OCc1ccccc1. The van der Waals surface area contributed by atoms with E-state index in [9.17, 15) is 9.59 Å². The first-order chi connectivity index (χ1) is 12.0. The quantitative estimate of drug-likeness (QED) is 0.753. The molecule has 2 aromatic rings. The first-order valence-electron chi connectivity index (χ1n) is 7.95. The molecule has 1 atom stereocenters. The molecule has 0 amide bonds. The lowest BCUT2D eigenvalue weighted by molar-refractivity contribution is -0.143. The Kier molecular flexibility index (Phi) is 6.83. The van der Waals surface area contributed by atoms with Gasteiger partial charge in [-0.05, 0) is 37.6 Å². The number of nitrogens with one attached hydrogen (secondary N) is 1. The lowest BCUT2D eigenvalue weighted by Gasteiger charge is -2.17. The number of benzene rings is 2. The zero-order chi connectivity index (χ0) is 18.2. The summed E-state index contributed by atoms with van der Waals surface area (Å²) in [5, 5.41) is 3.37. The highest BCUT2D eigenvalue weighted by Gasteiger charge is 2.19. The van der Waals surface area contributed by atoms with Gasteiger partial charge in [0, 0.05) is 10.7 Å². The third-order valence-electron chi connectivity index (χ3n) is 3.43. The lowest BCUT2D eigenvalue weighted by Crippen LogP contribution is -2.29. The van der Waals surface area contributed by atoms with Crippen molar-refractivity contribution in [3.8, 4) is 0 Å². The van der Waals surface area contributed by atoms with Gasteiger partial charge in [-0.2, -0.15) is 0 Å². The summed E-state index contributed by atoms with van der Waals surface area (Å²) in [5.74, 6) is -0.925. The van der Waals surface area contributed by atoms with E-state index in [0.29, 0.717) is 10.7 Å². The number of hydrogen-bond donors (Lipinski definition) is 1. The molecule has 6 heteroatoms. The molecule has 0 saturated carbocycles. The van der Waals surface area contributed by atoms with Crippen molar-refractivity contribution in [2.45, 2.75) is 26.5 Å². The highest BCUT2D eigenvalue weighted by atomic mass is 35.5. The van der Waals surface area contributed by atoms with Crippen LogP contribution in [0.4, 0.5) is 5.69 Å². The summed E-state index contributed by atoms with van der Waals surface area (Å²) >= 11 is 6.00. The van der Waals surface area contributed by atoms with Crippen LogP contribution in [0.15, 0.2) is 48.5 Å². The second kappa shape index (κ2) is 9.08. The molecule has 0 aromatic heterocycles. The Morgan fingerprint density at radius 3 is 2.52 bits per heavy atom. The van der Waals surface area contributed by atoms with Crippen molar-refractivity contribution in [3.63, 3.8) is 0 Å². The van der Waals surface area contributed by atoms with Crippen molar-refractivity contribution in [2.75, 3.05) is 11.9 Å². The molecule has 2 aromatic carbocycles. The van der Waals surface area contributed by atoms with Crippen molar-refractivity contribution in [2.24, 2.45) is 0 Å². The average molecular weight is 362 g/mol. The van der Waals surface area contributed by atoms with Crippen LogP contribution < -0.4 is 5.32 Å². The monoisotopic (exact) mass is 361 g/mol. The molecule has 0 fully saturated rings. The van der Waals surface area contributed by atoms with Gasteiger partial charge >= 0.3 is 11.9 Å². The first-order valence-corrected chi connectivity index (χ1v) is 8.32. The number of carbonyl (C=O) groups is 2. The molecule has 1 N–H and O–H groups in total. The zero-order valence-corrected chi connectivity index (χ0v) is 14.9. The van der Waals surface area contributed by atoms with Gasteiger partial charge in [0.2, 0.25) is 0 Å². The Balaban J connectivity index is 2.11. The van der Waals surface area contributed by atoms with E-state index < -0.39 is 18.0 Å². The van der Waals surface area contributed by atoms with Crippen LogP contribution in [-0.4, -0.2) is 24.6 Å². The maximum absolute atomic E-state index is 12.4. The summed E-state index contributed by atoms with van der Waals surface area (Å²) in [4.78, 5) is 24.2. The molecule has 132 valence electrons. The predicted molar refractivity (Wildman–Crippen MR) is 96.7 cm³/mol. The minimum atomic E-state index is -0.609. The predicted octanol–water partition coefficient (Wildman–Crippen LogP) is 4.06. The molecular weight excluding hydrogens is 342 g/mol. The van der Waals surface area contributed by atoms with Gasteiger partial charge in [-0.25, -0.2) is 9.59 Å². The van der Waals surface area contributed by atoms with E-state index in [0.717, 1.165) is 5.56 Å². The standard InChI is InChI=1S/C19H20ClNO4/c1-3-24-18(22)13(2)21-17-10-9-15(20)11-16(17)19(23)25-12-14-7-5-4-6-8-14/h4-11,13,21H,3,12H2,1-2H3. The molecule has 25 heavy (non-hydrogen) atoms. The van der Waals surface area contributed by atoms with E-state index in [1.54, 1.807) is 26.0 Å². The fourth-order valence-corrected chi connectivity index (χ4v) is 2.34. The van der Waals surface area contributed by atoms with Gasteiger partial charge in [-0.15, -0.1) is 0 Å². The number of ether oxygens (including phenoxy) is 2. The average Bonchev–Trinajstić information content (AvgIpc) is 2.62. The second-order valence-corrected chi connectivity index (χ2v) is 5.81. The number of esters is 2. The van der Waals surface area contributed by atoms with Crippen LogP contribution in [0.25, 0.3) is 0 Å². The maximum Gasteiger partial charge on any atom is 0.340 e. The molecule has 0 radical (unpaired) electrons. The topological polar surface area (TPSA) is 64.6 Å². The lowest BCUT2D eigenvalue weighted by atomic mass is 10.1. The zero-order valence-electron chi connectivity index (χ0n) is 14.1. The summed E-state index contributed by atoms with van der Waals surface area (Å²) < 4.78 is 10.3. The van der Waals surface area contributed by atoms with E-state index >= 15 is 0 Å². The molecule has 0 heterocycles. The number of rotatable bonds is 7. The smallest absolute Gasteiger partial charge is 0.340 e. The minimum absolute atomic E-state index is 0.152. The van der Waals surface area contributed by atoms with Gasteiger partial charge in [-0.1, -0.05) is 41.9 Å². The summed E-state index contributed by atoms with van der Waals surface area (Å²) in [5.41, 5.74) is 1.61. The Hall–Kier alpha value is -2.53. The molecule has 2 rings (SSSR count). The molecule has 0 spiro atoms. The largest absolute Gasteiger partial charge is 0.464 e. The van der Waals surface area contributed by atoms with Gasteiger partial charge in [0.15, 0.2) is 0 Å². The van der Waals surface area contributed by atoms with Crippen LogP contribution in [0.1, 0.15) is 29.8 Å². The second-order valence-electron chi connectivity index (χ2n) is 5.37. The van der Waals surface area contributed by atoms with Crippen LogP contribution in [0, 0.1) is 0 Å². The van der Waals surface area contributed by atoms with E-state index in [2.05, 4.69) is 5.32 Å². The van der Waals surface area contributed by atoms with Gasteiger partial charge in [0.05, 0.1) is 12.2 Å². The number of halogens is 1. The number of hydrogen-bond acceptors (Lipinski definition) is 5. The Morgan fingerprint density at radius 1 is 1.12 bits per heavy atom. The van der Waals surface area contributed by atoms with E-state index in [-0.39, 0.29) is 18.8 Å². The van der Waals surface area contributed by atoms with Gasteiger partial charge in [0.1, 0.15) is 12.6 Å². The van der Waals surface area contributed by atoms with Crippen LogP contribution >= 0.6 is 11.6 Å². The van der Waals surface area contributed by atoms with E-state index in [1.807, 2.05) is 30.3 Å². The maximum atomic E-state index is 12.4. The van der Waals surface area contributed by atoms with Crippen LogP contribution in [0.3, 0.4) is 0 Å². The van der Waals surface area contributed by atoms with Crippen LogP contribution in [-0.2, 0) is 20.9 Å². The minimum Gasteiger partial charge on any atom is -0.464 e. The van der Waals surface area contributed by atoms with Crippen molar-refractivity contribution >= 4 is 29.2 Å². The molecule has 1 unspecified atom stereocenters. The summed E-state index contributed by atoms with van der Waals surface area (Å²) in [7, 11) is 0. The first kappa shape index (κ1) is 18.8. The molecule has 0 bridgehead atoms. The number of anilines is 1. The highest BCUT2D eigenvalue weighted by molar-refractivity contribution is 6.31. The molecule has 0 aliphatic carbocycles. The summed E-state index contributed by atoms with van der Waals surface area (Å²) in [6.45, 7) is 3.83. The highest BCUT2D eigenvalue weighted by Crippen LogP contribution is 2.23. The van der Waals surface area contributed by atoms with Crippen molar-refractivity contribution < 1.29 is 19.1 Å². The number of carbonyl (C=O) groups excluding carboxylic acids is 2. The third kappa shape index (κ3) is 5.50. The Morgan fingerprint density at radius 2 is 1.84 bits per heavy atom. The van der Waals surface area contributed by atoms with Gasteiger partial charge < -0.3 is 14.8 Å². The molecule has 0 aliphatic rings. The molecule has 0 saturated heterocycles. The fourth-order valence-electron chi connectivity index (χ4n) is 2.17. The molecule has 0 aliphatic heterocycles. The van der Waals surface area contributed by atoms with E-state index in [4.69, 9.17) is 21.1 Å². The van der Waals surface area contributed by atoms with Gasteiger partial charge in [0.25, 0.3) is 0 Å². The van der Waals surface area contributed by atoms with Gasteiger partial charge in [-0.3, -0.25) is 0 Å². The van der Waals surface area contributed by atoms with Crippen LogP contribution in [0.2, 0.25) is 5.02 Å². The summed E-state index contributed by atoms with van der Waals surface area (Å²) in [6.07, 6.45) is 0. The Labute approximate surface area is 151 Å². The normalized spacial score (nSPS) is 11.5. The van der Waals surface area contributed by atoms with Crippen molar-refractivity contribution in [3.05, 3.63) is 64.7 Å². The summed E-state index contributed by atoms with van der Waals surface area (Å²) in [6, 6.07) is 13.5. The van der Waals surface area contributed by atoms with E-state index in [1.165, 1.54) is 6.07 Å². The van der Waals surface area contributed by atoms with Crippen molar-refractivity contribution in [1.29, 1.82) is 0 Å². The molecule has 5 nitrogen and oxygen atoms in total.